The molecule has 0 aliphatic carbocycles. The van der Waals surface area contributed by atoms with Crippen molar-refractivity contribution in [2.24, 2.45) is 0 Å². The first kappa shape index (κ1) is 20.8. The first-order valence-electron chi connectivity index (χ1n) is 8.78. The largest absolute Gasteiger partial charge is 0.482 e. The first-order valence-corrected chi connectivity index (χ1v) is 9.54. The van der Waals surface area contributed by atoms with Crippen molar-refractivity contribution in [1.29, 1.82) is 0 Å². The third kappa shape index (κ3) is 4.91. The molecule has 29 heavy (non-hydrogen) atoms. The highest BCUT2D eigenvalue weighted by Gasteiger charge is 2.17. The standard InChI is InChI=1S/C21H19Cl2N3O3/c1-13-10-17(14(2)26(13)16-6-4-3-5-7-16)21(28)25-24-20(27)12-29-19-9-8-15(22)11-18(19)23/h3-11H,12H2,1-2H3,(H,24,27)(H,25,28). The third-order valence-corrected chi connectivity index (χ3v) is 4.79. The number of carbonyl (C=O) groups is 2. The number of carbonyl (C=O) groups excluding carboxylic acids is 2. The Hall–Kier alpha value is -2.96. The van der Waals surface area contributed by atoms with Crippen molar-refractivity contribution in [3.8, 4) is 11.4 Å². The van der Waals surface area contributed by atoms with Crippen molar-refractivity contribution in [1.82, 2.24) is 15.4 Å². The number of amides is 2. The van der Waals surface area contributed by atoms with Crippen LogP contribution in [0.5, 0.6) is 5.75 Å². The number of hydrogen-bond acceptors (Lipinski definition) is 3. The summed E-state index contributed by atoms with van der Waals surface area (Å²) in [4.78, 5) is 24.5. The lowest BCUT2D eigenvalue weighted by Crippen LogP contribution is -2.44. The fourth-order valence-electron chi connectivity index (χ4n) is 2.93. The SMILES string of the molecule is Cc1cc(C(=O)NNC(=O)COc2ccc(Cl)cc2Cl)c(C)n1-c1ccccc1. The molecule has 150 valence electrons. The van der Waals surface area contributed by atoms with E-state index in [9.17, 15) is 9.59 Å². The Morgan fingerprint density at radius 3 is 2.41 bits per heavy atom. The Bertz CT molecular complexity index is 1050. The van der Waals surface area contributed by atoms with Gasteiger partial charge in [0.25, 0.3) is 11.8 Å². The number of hydrazine groups is 1. The second kappa shape index (κ2) is 9.03. The molecule has 1 aromatic heterocycles. The predicted octanol–water partition coefficient (Wildman–Crippen LogP) is 4.24. The lowest BCUT2D eigenvalue weighted by Gasteiger charge is -2.11. The van der Waals surface area contributed by atoms with E-state index in [2.05, 4.69) is 10.9 Å². The molecular formula is C21H19Cl2N3O3. The highest BCUT2D eigenvalue weighted by Crippen LogP contribution is 2.27. The molecule has 0 atom stereocenters. The minimum Gasteiger partial charge on any atom is -0.482 e. The number of nitrogens with one attached hydrogen (secondary N) is 2. The molecule has 0 bridgehead atoms. The molecule has 6 nitrogen and oxygen atoms in total. The summed E-state index contributed by atoms with van der Waals surface area (Å²) in [6.45, 7) is 3.45. The summed E-state index contributed by atoms with van der Waals surface area (Å²) in [5, 5.41) is 0.759. The Balaban J connectivity index is 1.60. The molecular weight excluding hydrogens is 413 g/mol. The van der Waals surface area contributed by atoms with Crippen LogP contribution in [0.2, 0.25) is 10.0 Å². The smallest absolute Gasteiger partial charge is 0.276 e. The van der Waals surface area contributed by atoms with E-state index in [0.29, 0.717) is 21.4 Å². The summed E-state index contributed by atoms with van der Waals surface area (Å²) in [5.74, 6) is -0.622. The van der Waals surface area contributed by atoms with Crippen LogP contribution in [0.1, 0.15) is 21.7 Å². The van der Waals surface area contributed by atoms with E-state index in [1.807, 2.05) is 48.7 Å². The fraction of sp³-hybridized carbons (Fsp3) is 0.143. The van der Waals surface area contributed by atoms with Crippen LogP contribution in [0.4, 0.5) is 0 Å². The van der Waals surface area contributed by atoms with Crippen molar-refractivity contribution in [3.05, 3.63) is 81.6 Å². The van der Waals surface area contributed by atoms with Gasteiger partial charge in [-0.3, -0.25) is 20.4 Å². The minimum atomic E-state index is -0.527. The Morgan fingerprint density at radius 1 is 1.00 bits per heavy atom. The maximum Gasteiger partial charge on any atom is 0.276 e. The van der Waals surface area contributed by atoms with Crippen LogP contribution >= 0.6 is 23.2 Å². The number of rotatable bonds is 5. The van der Waals surface area contributed by atoms with Gasteiger partial charge in [-0.1, -0.05) is 41.4 Å². The molecule has 3 aromatic rings. The average molecular weight is 432 g/mol. The Kier molecular flexibility index (Phi) is 6.46. The number of hydrogen-bond donors (Lipinski definition) is 2. The zero-order chi connectivity index (χ0) is 21.0. The molecule has 0 aliphatic heterocycles. The zero-order valence-electron chi connectivity index (χ0n) is 15.8. The van der Waals surface area contributed by atoms with Crippen LogP contribution < -0.4 is 15.6 Å². The van der Waals surface area contributed by atoms with Crippen molar-refractivity contribution >= 4 is 35.0 Å². The molecule has 0 radical (unpaired) electrons. The van der Waals surface area contributed by atoms with Gasteiger partial charge in [-0.25, -0.2) is 0 Å². The van der Waals surface area contributed by atoms with E-state index in [-0.39, 0.29) is 6.61 Å². The maximum absolute atomic E-state index is 12.5. The number of nitrogens with zero attached hydrogens (tertiary/aromatic N) is 1. The average Bonchev–Trinajstić information content (AvgIpc) is 3.00. The number of aromatic nitrogens is 1. The van der Waals surface area contributed by atoms with Gasteiger partial charge >= 0.3 is 0 Å². The monoisotopic (exact) mass is 431 g/mol. The van der Waals surface area contributed by atoms with Crippen LogP contribution in [-0.4, -0.2) is 23.0 Å². The van der Waals surface area contributed by atoms with E-state index in [0.717, 1.165) is 17.1 Å². The normalized spacial score (nSPS) is 10.5. The van der Waals surface area contributed by atoms with Gasteiger partial charge in [0.15, 0.2) is 6.61 Å². The molecule has 8 heteroatoms. The molecule has 0 unspecified atom stereocenters. The van der Waals surface area contributed by atoms with Crippen LogP contribution in [0.3, 0.4) is 0 Å². The van der Waals surface area contributed by atoms with Gasteiger partial charge in [-0.2, -0.15) is 0 Å². The molecule has 0 fully saturated rings. The number of aryl methyl sites for hydroxylation is 1. The van der Waals surface area contributed by atoms with Crippen molar-refractivity contribution < 1.29 is 14.3 Å². The van der Waals surface area contributed by atoms with Gasteiger partial charge in [0.2, 0.25) is 0 Å². The number of para-hydroxylation sites is 1. The van der Waals surface area contributed by atoms with Gasteiger partial charge in [0.1, 0.15) is 5.75 Å². The first-order chi connectivity index (χ1) is 13.9. The van der Waals surface area contributed by atoms with E-state index in [1.165, 1.54) is 6.07 Å². The summed E-state index contributed by atoms with van der Waals surface area (Å²) in [5.41, 5.74) is 7.84. The van der Waals surface area contributed by atoms with Crippen LogP contribution in [0.15, 0.2) is 54.6 Å². The van der Waals surface area contributed by atoms with Crippen molar-refractivity contribution in [2.45, 2.75) is 13.8 Å². The van der Waals surface area contributed by atoms with Crippen LogP contribution in [0.25, 0.3) is 5.69 Å². The maximum atomic E-state index is 12.5. The van der Waals surface area contributed by atoms with E-state index in [1.54, 1.807) is 18.2 Å². The number of halogens is 2. The van der Waals surface area contributed by atoms with Gasteiger partial charge in [-0.15, -0.1) is 0 Å². The fourth-order valence-corrected chi connectivity index (χ4v) is 3.40. The lowest BCUT2D eigenvalue weighted by atomic mass is 10.2. The molecule has 0 saturated carbocycles. The van der Waals surface area contributed by atoms with Gasteiger partial charge < -0.3 is 9.30 Å². The highest BCUT2D eigenvalue weighted by atomic mass is 35.5. The van der Waals surface area contributed by atoms with Crippen LogP contribution in [0, 0.1) is 13.8 Å². The Labute approximate surface area is 178 Å². The molecule has 2 N–H and O–H groups in total. The second-order valence-corrected chi connectivity index (χ2v) is 7.17. The molecule has 2 amide bonds. The minimum absolute atomic E-state index is 0.294. The zero-order valence-corrected chi connectivity index (χ0v) is 17.3. The Morgan fingerprint density at radius 2 is 1.72 bits per heavy atom. The molecule has 2 aromatic carbocycles. The van der Waals surface area contributed by atoms with Crippen molar-refractivity contribution in [3.63, 3.8) is 0 Å². The summed E-state index contributed by atoms with van der Waals surface area (Å²) in [7, 11) is 0. The lowest BCUT2D eigenvalue weighted by molar-refractivity contribution is -0.123. The van der Waals surface area contributed by atoms with E-state index >= 15 is 0 Å². The highest BCUT2D eigenvalue weighted by molar-refractivity contribution is 6.35. The molecule has 1 heterocycles. The molecule has 0 spiro atoms. The number of benzene rings is 2. The van der Waals surface area contributed by atoms with Gasteiger partial charge in [-0.05, 0) is 50.2 Å². The molecule has 3 rings (SSSR count). The third-order valence-electron chi connectivity index (χ3n) is 4.26. The van der Waals surface area contributed by atoms with Crippen LogP contribution in [-0.2, 0) is 4.79 Å². The summed E-state index contributed by atoms with van der Waals surface area (Å²) >= 11 is 11.8. The van der Waals surface area contributed by atoms with Crippen molar-refractivity contribution in [2.75, 3.05) is 6.61 Å². The second-order valence-electron chi connectivity index (χ2n) is 6.32. The molecule has 0 saturated heterocycles. The summed E-state index contributed by atoms with van der Waals surface area (Å²) < 4.78 is 7.31. The van der Waals surface area contributed by atoms with Gasteiger partial charge in [0, 0.05) is 22.1 Å². The molecule has 0 aliphatic rings. The quantitative estimate of drug-likeness (QED) is 0.593. The topological polar surface area (TPSA) is 72.4 Å². The number of ether oxygens (including phenoxy) is 1. The van der Waals surface area contributed by atoms with E-state index in [4.69, 9.17) is 27.9 Å². The van der Waals surface area contributed by atoms with E-state index < -0.39 is 11.8 Å². The van der Waals surface area contributed by atoms with Gasteiger partial charge in [0.05, 0.1) is 10.6 Å². The summed E-state index contributed by atoms with van der Waals surface area (Å²) in [6.07, 6.45) is 0. The predicted molar refractivity (Wildman–Crippen MR) is 113 cm³/mol. The summed E-state index contributed by atoms with van der Waals surface area (Å²) in [6, 6.07) is 16.2.